The molecule has 0 aliphatic rings. The first kappa shape index (κ1) is 16.9. The minimum absolute atomic E-state index is 0.210. The molecule has 1 unspecified atom stereocenters. The number of hydrogen-bond acceptors (Lipinski definition) is 3. The van der Waals surface area contributed by atoms with Crippen LogP contribution in [-0.2, 0) is 9.53 Å². The van der Waals surface area contributed by atoms with Gasteiger partial charge in [-0.15, -0.1) is 0 Å². The van der Waals surface area contributed by atoms with Crippen LogP contribution in [0.4, 0.5) is 0 Å². The van der Waals surface area contributed by atoms with Gasteiger partial charge in [-0.05, 0) is 64.8 Å². The minimum atomic E-state index is -0.797. The van der Waals surface area contributed by atoms with Crippen molar-refractivity contribution >= 4 is 27.7 Å². The first-order valence-corrected chi connectivity index (χ1v) is 7.36. The number of ketones is 1. The molecule has 0 saturated heterocycles. The summed E-state index contributed by atoms with van der Waals surface area (Å²) >= 11 is 3.47. The third kappa shape index (κ3) is 4.17. The summed E-state index contributed by atoms with van der Waals surface area (Å²) in [7, 11) is 0. The summed E-state index contributed by atoms with van der Waals surface area (Å²) in [5.41, 5.74) is 1.91. The standard InChI is InChI=1S/C16H21BrO3/c1-9-7-12(8-10(2)13(9)17)14(18)11(3)15(19)20-16(4,5)6/h7-8,11H,1-6H3. The molecule has 110 valence electrons. The average molecular weight is 341 g/mol. The number of benzene rings is 1. The second-order valence-corrected chi connectivity index (χ2v) is 6.84. The van der Waals surface area contributed by atoms with Crippen LogP contribution in [-0.4, -0.2) is 17.4 Å². The molecular weight excluding hydrogens is 320 g/mol. The highest BCUT2D eigenvalue weighted by molar-refractivity contribution is 9.10. The van der Waals surface area contributed by atoms with Gasteiger partial charge in [-0.1, -0.05) is 15.9 Å². The Morgan fingerprint density at radius 1 is 1.15 bits per heavy atom. The lowest BCUT2D eigenvalue weighted by Crippen LogP contribution is -2.31. The zero-order chi connectivity index (χ0) is 15.7. The van der Waals surface area contributed by atoms with E-state index in [0.717, 1.165) is 15.6 Å². The van der Waals surface area contributed by atoms with E-state index in [1.807, 2.05) is 13.8 Å². The number of Topliss-reactive ketones (excluding diaryl/α,β-unsaturated/α-hetero) is 1. The van der Waals surface area contributed by atoms with E-state index in [2.05, 4.69) is 15.9 Å². The van der Waals surface area contributed by atoms with Crippen molar-refractivity contribution in [1.82, 2.24) is 0 Å². The molecule has 1 aromatic rings. The third-order valence-electron chi connectivity index (χ3n) is 2.87. The molecule has 4 heteroatoms. The maximum absolute atomic E-state index is 12.4. The van der Waals surface area contributed by atoms with E-state index in [1.54, 1.807) is 39.8 Å². The summed E-state index contributed by atoms with van der Waals surface area (Å²) in [5.74, 6) is -1.49. The number of halogens is 1. The van der Waals surface area contributed by atoms with Gasteiger partial charge >= 0.3 is 5.97 Å². The first-order chi connectivity index (χ1) is 9.03. The van der Waals surface area contributed by atoms with E-state index in [9.17, 15) is 9.59 Å². The van der Waals surface area contributed by atoms with Gasteiger partial charge in [0, 0.05) is 10.0 Å². The highest BCUT2D eigenvalue weighted by atomic mass is 79.9. The fourth-order valence-electron chi connectivity index (χ4n) is 1.84. The van der Waals surface area contributed by atoms with Crippen molar-refractivity contribution in [2.24, 2.45) is 5.92 Å². The molecule has 1 atom stereocenters. The van der Waals surface area contributed by atoms with E-state index in [0.29, 0.717) is 5.56 Å². The molecule has 20 heavy (non-hydrogen) atoms. The van der Waals surface area contributed by atoms with Crippen LogP contribution in [0.1, 0.15) is 49.2 Å². The van der Waals surface area contributed by atoms with Crippen molar-refractivity contribution in [2.75, 3.05) is 0 Å². The first-order valence-electron chi connectivity index (χ1n) is 6.56. The Morgan fingerprint density at radius 3 is 2.00 bits per heavy atom. The Bertz CT molecular complexity index is 518. The molecule has 0 aliphatic carbocycles. The van der Waals surface area contributed by atoms with Crippen molar-refractivity contribution in [3.8, 4) is 0 Å². The molecule has 3 nitrogen and oxygen atoms in total. The Morgan fingerprint density at radius 2 is 1.60 bits per heavy atom. The van der Waals surface area contributed by atoms with Crippen LogP contribution in [0.2, 0.25) is 0 Å². The van der Waals surface area contributed by atoms with E-state index in [4.69, 9.17) is 4.74 Å². The smallest absolute Gasteiger partial charge is 0.317 e. The molecule has 1 rings (SSSR count). The monoisotopic (exact) mass is 340 g/mol. The summed E-state index contributed by atoms with van der Waals surface area (Å²) in [4.78, 5) is 24.3. The van der Waals surface area contributed by atoms with E-state index < -0.39 is 17.5 Å². The number of carbonyl (C=O) groups excluding carboxylic acids is 2. The maximum atomic E-state index is 12.4. The Balaban J connectivity index is 2.98. The molecule has 0 heterocycles. The van der Waals surface area contributed by atoms with E-state index >= 15 is 0 Å². The fourth-order valence-corrected chi connectivity index (χ4v) is 2.06. The second-order valence-electron chi connectivity index (χ2n) is 6.04. The van der Waals surface area contributed by atoms with E-state index in [-0.39, 0.29) is 5.78 Å². The van der Waals surface area contributed by atoms with Gasteiger partial charge < -0.3 is 4.74 Å². The largest absolute Gasteiger partial charge is 0.459 e. The van der Waals surface area contributed by atoms with Gasteiger partial charge in [0.05, 0.1) is 0 Å². The molecule has 0 fully saturated rings. The zero-order valence-corrected chi connectivity index (χ0v) is 14.4. The lowest BCUT2D eigenvalue weighted by atomic mass is 9.96. The van der Waals surface area contributed by atoms with Crippen LogP contribution >= 0.6 is 15.9 Å². The lowest BCUT2D eigenvalue weighted by molar-refractivity contribution is -0.157. The topological polar surface area (TPSA) is 43.4 Å². The van der Waals surface area contributed by atoms with Gasteiger partial charge in [-0.3, -0.25) is 9.59 Å². The number of aryl methyl sites for hydroxylation is 2. The summed E-state index contributed by atoms with van der Waals surface area (Å²) in [5, 5.41) is 0. The number of ether oxygens (including phenoxy) is 1. The number of hydrogen-bond donors (Lipinski definition) is 0. The maximum Gasteiger partial charge on any atom is 0.317 e. The summed E-state index contributed by atoms with van der Waals surface area (Å²) < 4.78 is 6.24. The fraction of sp³-hybridized carbons (Fsp3) is 0.500. The highest BCUT2D eigenvalue weighted by Gasteiger charge is 2.28. The Kier molecular flexibility index (Phi) is 5.14. The SMILES string of the molecule is Cc1cc(C(=O)C(C)C(=O)OC(C)(C)C)cc(C)c1Br. The predicted octanol–water partition coefficient (Wildman–Crippen LogP) is 4.23. The third-order valence-corrected chi connectivity index (χ3v) is 4.13. The normalized spacial score (nSPS) is 12.9. The van der Waals surface area contributed by atoms with Gasteiger partial charge in [-0.2, -0.15) is 0 Å². The lowest BCUT2D eigenvalue weighted by Gasteiger charge is -2.22. The molecule has 0 N–H and O–H groups in total. The zero-order valence-electron chi connectivity index (χ0n) is 12.8. The molecular formula is C16H21BrO3. The molecule has 0 bridgehead atoms. The van der Waals surface area contributed by atoms with Gasteiger partial charge in [0.1, 0.15) is 11.5 Å². The van der Waals surface area contributed by atoms with Crippen molar-refractivity contribution in [2.45, 2.75) is 47.1 Å². The number of rotatable bonds is 3. The number of esters is 1. The molecule has 0 spiro atoms. The van der Waals surface area contributed by atoms with Crippen molar-refractivity contribution in [3.63, 3.8) is 0 Å². The van der Waals surface area contributed by atoms with Gasteiger partial charge in [-0.25, -0.2) is 0 Å². The summed E-state index contributed by atoms with van der Waals surface area (Å²) in [6.07, 6.45) is 0. The van der Waals surface area contributed by atoms with Crippen LogP contribution in [0.5, 0.6) is 0 Å². The molecule has 0 aromatic heterocycles. The number of carbonyl (C=O) groups is 2. The van der Waals surface area contributed by atoms with Gasteiger partial charge in [0.2, 0.25) is 0 Å². The summed E-state index contributed by atoms with van der Waals surface area (Å²) in [6.45, 7) is 10.8. The quantitative estimate of drug-likeness (QED) is 0.470. The molecule has 0 saturated carbocycles. The van der Waals surface area contributed by atoms with Gasteiger partial charge in [0.25, 0.3) is 0 Å². The minimum Gasteiger partial charge on any atom is -0.459 e. The van der Waals surface area contributed by atoms with Crippen LogP contribution in [0.25, 0.3) is 0 Å². The van der Waals surface area contributed by atoms with Crippen molar-refractivity contribution in [1.29, 1.82) is 0 Å². The second kappa shape index (κ2) is 6.08. The van der Waals surface area contributed by atoms with Crippen LogP contribution in [0.3, 0.4) is 0 Å². The Labute approximate surface area is 128 Å². The van der Waals surface area contributed by atoms with Crippen LogP contribution in [0.15, 0.2) is 16.6 Å². The van der Waals surface area contributed by atoms with Crippen LogP contribution in [0, 0.1) is 19.8 Å². The van der Waals surface area contributed by atoms with Crippen molar-refractivity contribution < 1.29 is 14.3 Å². The Hall–Kier alpha value is -1.16. The molecule has 0 amide bonds. The van der Waals surface area contributed by atoms with Crippen molar-refractivity contribution in [3.05, 3.63) is 33.3 Å². The predicted molar refractivity (Wildman–Crippen MR) is 83.0 cm³/mol. The summed E-state index contributed by atoms with van der Waals surface area (Å²) in [6, 6.07) is 3.58. The van der Waals surface area contributed by atoms with Crippen LogP contribution < -0.4 is 0 Å². The van der Waals surface area contributed by atoms with E-state index in [1.165, 1.54) is 0 Å². The molecule has 0 radical (unpaired) electrons. The van der Waals surface area contributed by atoms with Gasteiger partial charge in [0.15, 0.2) is 5.78 Å². The average Bonchev–Trinajstić information content (AvgIpc) is 2.31. The highest BCUT2D eigenvalue weighted by Crippen LogP contribution is 2.24. The molecule has 1 aromatic carbocycles. The molecule has 0 aliphatic heterocycles.